The molecule has 1 heterocycles. The van der Waals surface area contributed by atoms with Crippen molar-refractivity contribution in [3.8, 4) is 11.3 Å². The van der Waals surface area contributed by atoms with Gasteiger partial charge in [-0.05, 0) is 47.6 Å². The van der Waals surface area contributed by atoms with Gasteiger partial charge in [0.2, 0.25) is 0 Å². The van der Waals surface area contributed by atoms with Crippen LogP contribution in [-0.4, -0.2) is 9.97 Å². The standard InChI is InChI=1S/C13H12IN3/c14-10-5-3-8(4-6-10)11-7-12(15)17-13(16-11)9-1-2-9/h3-7,9H,1-2H2,(H2,15,16,17). The van der Waals surface area contributed by atoms with E-state index in [1.807, 2.05) is 6.07 Å². The van der Waals surface area contributed by atoms with Crippen molar-refractivity contribution in [1.82, 2.24) is 9.97 Å². The van der Waals surface area contributed by atoms with Gasteiger partial charge < -0.3 is 5.73 Å². The Balaban J connectivity index is 2.04. The zero-order chi connectivity index (χ0) is 11.8. The Morgan fingerprint density at radius 1 is 1.12 bits per heavy atom. The molecular formula is C13H12IN3. The van der Waals surface area contributed by atoms with Crippen LogP contribution in [-0.2, 0) is 0 Å². The van der Waals surface area contributed by atoms with Gasteiger partial charge in [0.25, 0.3) is 0 Å². The summed E-state index contributed by atoms with van der Waals surface area (Å²) < 4.78 is 1.22. The van der Waals surface area contributed by atoms with Crippen molar-refractivity contribution in [2.45, 2.75) is 18.8 Å². The summed E-state index contributed by atoms with van der Waals surface area (Å²) in [4.78, 5) is 8.91. The second kappa shape index (κ2) is 4.25. The normalized spacial score (nSPS) is 14.9. The summed E-state index contributed by atoms with van der Waals surface area (Å²) >= 11 is 2.29. The summed E-state index contributed by atoms with van der Waals surface area (Å²) in [6.07, 6.45) is 2.38. The number of rotatable bonds is 2. The fraction of sp³-hybridized carbons (Fsp3) is 0.231. The van der Waals surface area contributed by atoms with E-state index in [4.69, 9.17) is 5.73 Å². The molecule has 4 heteroatoms. The summed E-state index contributed by atoms with van der Waals surface area (Å²) in [5, 5.41) is 0. The van der Waals surface area contributed by atoms with Gasteiger partial charge in [-0.25, -0.2) is 9.97 Å². The maximum Gasteiger partial charge on any atom is 0.134 e. The number of hydrogen-bond acceptors (Lipinski definition) is 3. The second-order valence-electron chi connectivity index (χ2n) is 4.32. The predicted octanol–water partition coefficient (Wildman–Crippen LogP) is 3.21. The topological polar surface area (TPSA) is 51.8 Å². The maximum atomic E-state index is 5.84. The highest BCUT2D eigenvalue weighted by Gasteiger charge is 2.27. The second-order valence-corrected chi connectivity index (χ2v) is 5.56. The monoisotopic (exact) mass is 337 g/mol. The maximum absolute atomic E-state index is 5.84. The zero-order valence-electron chi connectivity index (χ0n) is 9.23. The van der Waals surface area contributed by atoms with E-state index in [-0.39, 0.29) is 0 Å². The number of nitrogens with two attached hydrogens (primary N) is 1. The molecule has 3 nitrogen and oxygen atoms in total. The molecule has 0 amide bonds. The Morgan fingerprint density at radius 3 is 2.47 bits per heavy atom. The molecule has 86 valence electrons. The molecule has 2 aromatic rings. The van der Waals surface area contributed by atoms with Crippen molar-refractivity contribution in [1.29, 1.82) is 0 Å². The van der Waals surface area contributed by atoms with Crippen molar-refractivity contribution in [3.05, 3.63) is 39.7 Å². The molecule has 3 rings (SSSR count). The van der Waals surface area contributed by atoms with Gasteiger partial charge in [0.05, 0.1) is 5.69 Å². The molecule has 1 aliphatic rings. The van der Waals surface area contributed by atoms with Crippen LogP contribution in [0.15, 0.2) is 30.3 Å². The number of benzene rings is 1. The van der Waals surface area contributed by atoms with Crippen LogP contribution >= 0.6 is 22.6 Å². The summed E-state index contributed by atoms with van der Waals surface area (Å²) in [5.74, 6) is 2.00. The van der Waals surface area contributed by atoms with E-state index in [0.29, 0.717) is 11.7 Å². The molecule has 0 spiro atoms. The molecule has 0 bridgehead atoms. The minimum Gasteiger partial charge on any atom is -0.384 e. The van der Waals surface area contributed by atoms with Crippen LogP contribution < -0.4 is 5.73 Å². The molecule has 1 fully saturated rings. The van der Waals surface area contributed by atoms with E-state index in [9.17, 15) is 0 Å². The van der Waals surface area contributed by atoms with Crippen LogP contribution in [0.4, 0.5) is 5.82 Å². The van der Waals surface area contributed by atoms with Gasteiger partial charge in [0.1, 0.15) is 11.6 Å². The Labute approximate surface area is 114 Å². The number of anilines is 1. The smallest absolute Gasteiger partial charge is 0.134 e. The van der Waals surface area contributed by atoms with Crippen molar-refractivity contribution >= 4 is 28.4 Å². The summed E-state index contributed by atoms with van der Waals surface area (Å²) in [6.45, 7) is 0. The average Bonchev–Trinajstić information content (AvgIpc) is 3.13. The van der Waals surface area contributed by atoms with Crippen LogP contribution in [0.5, 0.6) is 0 Å². The molecule has 0 aliphatic heterocycles. The molecule has 1 saturated carbocycles. The van der Waals surface area contributed by atoms with Crippen LogP contribution in [0.2, 0.25) is 0 Å². The van der Waals surface area contributed by atoms with E-state index in [1.54, 1.807) is 0 Å². The highest BCUT2D eigenvalue weighted by Crippen LogP contribution is 2.38. The fourth-order valence-corrected chi connectivity index (χ4v) is 2.14. The van der Waals surface area contributed by atoms with Crippen molar-refractivity contribution < 1.29 is 0 Å². The van der Waals surface area contributed by atoms with E-state index < -0.39 is 0 Å². The number of nitrogens with zero attached hydrogens (tertiary/aromatic N) is 2. The summed E-state index contributed by atoms with van der Waals surface area (Å²) in [7, 11) is 0. The number of hydrogen-bond donors (Lipinski definition) is 1. The Hall–Kier alpha value is -1.17. The number of nitrogen functional groups attached to an aromatic ring is 1. The third-order valence-electron chi connectivity index (χ3n) is 2.85. The van der Waals surface area contributed by atoms with E-state index in [1.165, 1.54) is 16.4 Å². The fourth-order valence-electron chi connectivity index (χ4n) is 1.78. The molecule has 1 aromatic heterocycles. The highest BCUT2D eigenvalue weighted by molar-refractivity contribution is 14.1. The third-order valence-corrected chi connectivity index (χ3v) is 3.56. The van der Waals surface area contributed by atoms with Gasteiger partial charge in [-0.1, -0.05) is 12.1 Å². The number of halogens is 1. The van der Waals surface area contributed by atoms with Gasteiger partial charge in [0, 0.05) is 21.1 Å². The first kappa shape index (κ1) is 11.0. The molecule has 0 unspecified atom stereocenters. The van der Waals surface area contributed by atoms with E-state index in [2.05, 4.69) is 56.8 Å². The lowest BCUT2D eigenvalue weighted by atomic mass is 10.1. The number of aromatic nitrogens is 2. The minimum absolute atomic E-state index is 0.529. The average molecular weight is 337 g/mol. The van der Waals surface area contributed by atoms with Crippen molar-refractivity contribution in [3.63, 3.8) is 0 Å². The van der Waals surface area contributed by atoms with Crippen LogP contribution in [0.3, 0.4) is 0 Å². The zero-order valence-corrected chi connectivity index (χ0v) is 11.4. The Morgan fingerprint density at radius 2 is 1.82 bits per heavy atom. The molecule has 0 atom stereocenters. The van der Waals surface area contributed by atoms with Crippen LogP contribution in [0.25, 0.3) is 11.3 Å². The van der Waals surface area contributed by atoms with Crippen LogP contribution in [0, 0.1) is 3.57 Å². The first-order valence-corrected chi connectivity index (χ1v) is 6.70. The Bertz CT molecular complexity index is 547. The molecule has 1 aliphatic carbocycles. The Kier molecular flexibility index (Phi) is 2.74. The van der Waals surface area contributed by atoms with Gasteiger partial charge >= 0.3 is 0 Å². The van der Waals surface area contributed by atoms with Gasteiger partial charge in [-0.2, -0.15) is 0 Å². The largest absolute Gasteiger partial charge is 0.384 e. The SMILES string of the molecule is Nc1cc(-c2ccc(I)cc2)nc(C2CC2)n1. The molecule has 2 N–H and O–H groups in total. The lowest BCUT2D eigenvalue weighted by Gasteiger charge is -2.05. The third kappa shape index (κ3) is 2.41. The minimum atomic E-state index is 0.529. The molecule has 1 aromatic carbocycles. The quantitative estimate of drug-likeness (QED) is 0.857. The van der Waals surface area contributed by atoms with Crippen LogP contribution in [0.1, 0.15) is 24.6 Å². The lowest BCUT2D eigenvalue weighted by molar-refractivity contribution is 0.936. The summed E-state index contributed by atoms with van der Waals surface area (Å²) in [5.41, 5.74) is 7.86. The van der Waals surface area contributed by atoms with E-state index in [0.717, 1.165) is 17.1 Å². The van der Waals surface area contributed by atoms with Gasteiger partial charge in [0.15, 0.2) is 0 Å². The first-order valence-electron chi connectivity index (χ1n) is 5.63. The predicted molar refractivity (Wildman–Crippen MR) is 76.6 cm³/mol. The molecular weight excluding hydrogens is 325 g/mol. The van der Waals surface area contributed by atoms with Gasteiger partial charge in [-0.3, -0.25) is 0 Å². The first-order chi connectivity index (χ1) is 8.22. The molecule has 0 radical (unpaired) electrons. The molecule has 17 heavy (non-hydrogen) atoms. The van der Waals surface area contributed by atoms with E-state index >= 15 is 0 Å². The molecule has 0 saturated heterocycles. The summed E-state index contributed by atoms with van der Waals surface area (Å²) in [6, 6.07) is 10.1. The highest BCUT2D eigenvalue weighted by atomic mass is 127. The van der Waals surface area contributed by atoms with Crippen molar-refractivity contribution in [2.75, 3.05) is 5.73 Å². The van der Waals surface area contributed by atoms with Crippen molar-refractivity contribution in [2.24, 2.45) is 0 Å². The van der Waals surface area contributed by atoms with Gasteiger partial charge in [-0.15, -0.1) is 0 Å². The lowest BCUT2D eigenvalue weighted by Crippen LogP contribution is -1.99.